The highest BCUT2D eigenvalue weighted by Gasteiger charge is 2.21. The van der Waals surface area contributed by atoms with E-state index in [0.29, 0.717) is 11.7 Å². The topological polar surface area (TPSA) is 29.5 Å². The predicted octanol–water partition coefficient (Wildman–Crippen LogP) is 4.64. The van der Waals surface area contributed by atoms with Crippen molar-refractivity contribution in [3.05, 3.63) is 42.5 Å². The number of ether oxygens (including phenoxy) is 1. The van der Waals surface area contributed by atoms with E-state index in [2.05, 4.69) is 25.6 Å². The zero-order valence-corrected chi connectivity index (χ0v) is 12.4. The summed E-state index contributed by atoms with van der Waals surface area (Å²) in [4.78, 5) is 0. The van der Waals surface area contributed by atoms with Gasteiger partial charge in [0, 0.05) is 0 Å². The molecule has 1 atom stereocenters. The summed E-state index contributed by atoms with van der Waals surface area (Å²) in [5.41, 5.74) is 1.40. The maximum Gasteiger partial charge on any atom is 0.216 e. The number of aliphatic hydroxyl groups excluding tert-OH is 1. The minimum Gasteiger partial charge on any atom is -0.461 e. The van der Waals surface area contributed by atoms with E-state index in [1.54, 1.807) is 0 Å². The van der Waals surface area contributed by atoms with Gasteiger partial charge in [-0.15, -0.1) is 0 Å². The van der Waals surface area contributed by atoms with Crippen LogP contribution in [-0.2, 0) is 0 Å². The Morgan fingerprint density at radius 3 is 2.45 bits per heavy atom. The van der Waals surface area contributed by atoms with E-state index in [4.69, 9.17) is 4.74 Å². The van der Waals surface area contributed by atoms with Crippen LogP contribution >= 0.6 is 0 Å². The first kappa shape index (κ1) is 15.1. The monoisotopic (exact) mass is 274 g/mol. The van der Waals surface area contributed by atoms with Crippen LogP contribution in [0.3, 0.4) is 0 Å². The Morgan fingerprint density at radius 1 is 1.25 bits per heavy atom. The van der Waals surface area contributed by atoms with E-state index in [1.807, 2.05) is 12.1 Å². The molecule has 0 heterocycles. The van der Waals surface area contributed by atoms with E-state index >= 15 is 0 Å². The van der Waals surface area contributed by atoms with Gasteiger partial charge in [0.05, 0.1) is 0 Å². The Hall–Kier alpha value is -1.28. The third-order valence-corrected chi connectivity index (χ3v) is 4.35. The van der Waals surface area contributed by atoms with Crippen molar-refractivity contribution in [3.8, 4) is 5.75 Å². The molecule has 1 unspecified atom stereocenters. The van der Waals surface area contributed by atoms with Gasteiger partial charge in [-0.05, 0) is 61.3 Å². The predicted molar refractivity (Wildman–Crippen MR) is 82.9 cm³/mol. The van der Waals surface area contributed by atoms with Gasteiger partial charge in [0.15, 0.2) is 0 Å². The summed E-state index contributed by atoms with van der Waals surface area (Å²) in [7, 11) is 0. The van der Waals surface area contributed by atoms with Crippen molar-refractivity contribution in [1.82, 2.24) is 0 Å². The van der Waals surface area contributed by atoms with Crippen LogP contribution in [0.2, 0.25) is 0 Å². The lowest BCUT2D eigenvalue weighted by Gasteiger charge is -2.28. The minimum absolute atomic E-state index is 0.695. The van der Waals surface area contributed by atoms with Crippen LogP contribution in [0.1, 0.15) is 56.9 Å². The second-order valence-electron chi connectivity index (χ2n) is 5.82. The van der Waals surface area contributed by atoms with Crippen molar-refractivity contribution in [3.63, 3.8) is 0 Å². The molecule has 110 valence electrons. The molecule has 2 rings (SSSR count). The lowest BCUT2D eigenvalue weighted by Crippen LogP contribution is -2.13. The highest BCUT2D eigenvalue weighted by Crippen LogP contribution is 2.37. The second-order valence-corrected chi connectivity index (χ2v) is 5.82. The van der Waals surface area contributed by atoms with Gasteiger partial charge in [-0.3, -0.25) is 0 Å². The largest absolute Gasteiger partial charge is 0.461 e. The molecule has 1 aromatic rings. The smallest absolute Gasteiger partial charge is 0.216 e. The molecule has 1 fully saturated rings. The van der Waals surface area contributed by atoms with Crippen LogP contribution in [0.15, 0.2) is 36.9 Å². The summed E-state index contributed by atoms with van der Waals surface area (Å²) in [6, 6.07) is 8.16. The molecule has 2 nitrogen and oxygen atoms in total. The van der Waals surface area contributed by atoms with Gasteiger partial charge in [0.2, 0.25) is 6.29 Å². The maximum atomic E-state index is 9.37. The molecular formula is C18H26O2. The third kappa shape index (κ3) is 4.11. The molecule has 1 N–H and O–H groups in total. The van der Waals surface area contributed by atoms with Crippen LogP contribution in [0.4, 0.5) is 0 Å². The van der Waals surface area contributed by atoms with Gasteiger partial charge >= 0.3 is 0 Å². The molecule has 0 aliphatic heterocycles. The van der Waals surface area contributed by atoms with Gasteiger partial charge in [-0.25, -0.2) is 0 Å². The van der Waals surface area contributed by atoms with Crippen molar-refractivity contribution in [2.45, 2.75) is 57.7 Å². The molecule has 0 aromatic heterocycles. The van der Waals surface area contributed by atoms with Crippen LogP contribution in [-0.4, -0.2) is 11.4 Å². The Bertz CT molecular complexity index is 402. The average Bonchev–Trinajstić information content (AvgIpc) is 2.49. The summed E-state index contributed by atoms with van der Waals surface area (Å²) in [6.45, 7) is 5.78. The summed E-state index contributed by atoms with van der Waals surface area (Å²) >= 11 is 0. The van der Waals surface area contributed by atoms with Crippen molar-refractivity contribution in [1.29, 1.82) is 0 Å². The molecule has 0 amide bonds. The van der Waals surface area contributed by atoms with E-state index in [1.165, 1.54) is 50.2 Å². The summed E-state index contributed by atoms with van der Waals surface area (Å²) in [5.74, 6) is 2.34. The summed E-state index contributed by atoms with van der Waals surface area (Å²) in [6.07, 6.45) is 8.50. The van der Waals surface area contributed by atoms with Crippen molar-refractivity contribution in [2.75, 3.05) is 0 Å². The molecule has 0 spiro atoms. The highest BCUT2D eigenvalue weighted by atomic mass is 16.6. The first-order valence-electron chi connectivity index (χ1n) is 7.80. The Labute approximate surface area is 122 Å². The minimum atomic E-state index is -0.926. The number of hydrogen-bond acceptors (Lipinski definition) is 2. The molecule has 1 aliphatic rings. The molecule has 1 aromatic carbocycles. The SMILES string of the molecule is C=CC(O)Oc1ccc(C2CCC(CCC)CC2)cc1. The Kier molecular flexibility index (Phi) is 5.66. The van der Waals surface area contributed by atoms with Crippen molar-refractivity contribution < 1.29 is 9.84 Å². The molecule has 1 saturated carbocycles. The fourth-order valence-electron chi connectivity index (χ4n) is 3.20. The van der Waals surface area contributed by atoms with Gasteiger partial charge < -0.3 is 9.84 Å². The van der Waals surface area contributed by atoms with Crippen LogP contribution in [0.5, 0.6) is 5.75 Å². The van der Waals surface area contributed by atoms with Crippen LogP contribution < -0.4 is 4.74 Å². The lowest BCUT2D eigenvalue weighted by atomic mass is 9.77. The summed E-state index contributed by atoms with van der Waals surface area (Å²) in [5, 5.41) is 9.37. The van der Waals surface area contributed by atoms with E-state index in [0.717, 1.165) is 5.92 Å². The quantitative estimate of drug-likeness (QED) is 0.604. The van der Waals surface area contributed by atoms with E-state index in [9.17, 15) is 5.11 Å². The first-order valence-corrected chi connectivity index (χ1v) is 7.80. The van der Waals surface area contributed by atoms with Gasteiger partial charge in [-0.1, -0.05) is 38.5 Å². The molecule has 1 aliphatic carbocycles. The number of hydrogen-bond donors (Lipinski definition) is 1. The molecule has 2 heteroatoms. The molecular weight excluding hydrogens is 248 g/mol. The maximum absolute atomic E-state index is 9.37. The van der Waals surface area contributed by atoms with Gasteiger partial charge in [0.25, 0.3) is 0 Å². The second kappa shape index (κ2) is 7.49. The molecule has 0 radical (unpaired) electrons. The van der Waals surface area contributed by atoms with Crippen molar-refractivity contribution in [2.24, 2.45) is 5.92 Å². The standard InChI is InChI=1S/C18H26O2/c1-3-5-14-6-8-15(9-7-14)16-10-12-17(13-11-16)20-18(19)4-2/h4,10-15,18-19H,2-3,5-9H2,1H3. The van der Waals surface area contributed by atoms with Crippen LogP contribution in [0, 0.1) is 5.92 Å². The number of aliphatic hydroxyl groups is 1. The number of rotatable bonds is 6. The fourth-order valence-corrected chi connectivity index (χ4v) is 3.20. The first-order chi connectivity index (χ1) is 9.72. The fraction of sp³-hybridized carbons (Fsp3) is 0.556. The summed E-state index contributed by atoms with van der Waals surface area (Å²) < 4.78 is 5.29. The van der Waals surface area contributed by atoms with E-state index < -0.39 is 6.29 Å². The van der Waals surface area contributed by atoms with Gasteiger partial charge in [-0.2, -0.15) is 0 Å². The lowest BCUT2D eigenvalue weighted by molar-refractivity contribution is 0.0250. The molecule has 0 saturated heterocycles. The normalized spacial score (nSPS) is 24.1. The molecule has 0 bridgehead atoms. The van der Waals surface area contributed by atoms with Crippen molar-refractivity contribution >= 4 is 0 Å². The average molecular weight is 274 g/mol. The Morgan fingerprint density at radius 2 is 1.90 bits per heavy atom. The highest BCUT2D eigenvalue weighted by molar-refractivity contribution is 5.30. The third-order valence-electron chi connectivity index (χ3n) is 4.35. The Balaban J connectivity index is 1.89. The zero-order chi connectivity index (χ0) is 14.4. The van der Waals surface area contributed by atoms with Gasteiger partial charge in [0.1, 0.15) is 5.75 Å². The van der Waals surface area contributed by atoms with E-state index in [-0.39, 0.29) is 0 Å². The van der Waals surface area contributed by atoms with Crippen LogP contribution in [0.25, 0.3) is 0 Å². The molecule has 20 heavy (non-hydrogen) atoms. The zero-order valence-electron chi connectivity index (χ0n) is 12.4. The number of benzene rings is 1.